The van der Waals surface area contributed by atoms with Crippen LogP contribution in [-0.4, -0.2) is 26.8 Å². The molecule has 0 radical (unpaired) electrons. The van der Waals surface area contributed by atoms with E-state index in [1.165, 1.54) is 10.7 Å². The van der Waals surface area contributed by atoms with Crippen LogP contribution in [0.4, 0.5) is 0 Å². The van der Waals surface area contributed by atoms with E-state index in [9.17, 15) is 0 Å². The number of nitrogens with zero attached hydrogens (tertiary/aromatic N) is 3. The fourth-order valence-corrected chi connectivity index (χ4v) is 4.70. The van der Waals surface area contributed by atoms with Crippen LogP contribution in [0.1, 0.15) is 36.7 Å². The van der Waals surface area contributed by atoms with Gasteiger partial charge in [0.25, 0.3) is 0 Å². The molecule has 3 heterocycles. The lowest BCUT2D eigenvalue weighted by atomic mass is 9.95. The fourth-order valence-electron chi connectivity index (χ4n) is 3.36. The topological polar surface area (TPSA) is 28.5 Å². The average molecular weight is 309 g/mol. The third-order valence-corrected chi connectivity index (χ3v) is 5.60. The molecule has 3 atom stereocenters. The van der Waals surface area contributed by atoms with E-state index in [-0.39, 0.29) is 12.1 Å². The number of pyridine rings is 1. The van der Waals surface area contributed by atoms with E-state index in [4.69, 9.17) is 4.99 Å². The van der Waals surface area contributed by atoms with Gasteiger partial charge >= 0.3 is 0 Å². The molecule has 1 fully saturated rings. The summed E-state index contributed by atoms with van der Waals surface area (Å²) in [4.78, 5) is 12.1. The van der Waals surface area contributed by atoms with Crippen LogP contribution in [-0.2, 0) is 0 Å². The summed E-state index contributed by atoms with van der Waals surface area (Å²) in [6.45, 7) is 2.27. The second kappa shape index (κ2) is 5.76. The molecule has 1 saturated heterocycles. The van der Waals surface area contributed by atoms with E-state index in [0.29, 0.717) is 6.04 Å². The van der Waals surface area contributed by atoms with Crippen LogP contribution in [0.25, 0.3) is 0 Å². The van der Waals surface area contributed by atoms with Crippen molar-refractivity contribution in [3.8, 4) is 0 Å². The summed E-state index contributed by atoms with van der Waals surface area (Å²) < 4.78 is 0. The molecule has 112 valence electrons. The highest BCUT2D eigenvalue weighted by atomic mass is 32.2. The third kappa shape index (κ3) is 2.22. The van der Waals surface area contributed by atoms with Crippen LogP contribution in [0.3, 0.4) is 0 Å². The summed E-state index contributed by atoms with van der Waals surface area (Å²) in [6.07, 6.45) is 3.02. The molecule has 4 heteroatoms. The molecule has 0 spiro atoms. The maximum atomic E-state index is 5.02. The Morgan fingerprint density at radius 2 is 1.95 bits per heavy atom. The quantitative estimate of drug-likeness (QED) is 0.856. The highest BCUT2D eigenvalue weighted by Crippen LogP contribution is 2.48. The number of amidine groups is 1. The zero-order valence-corrected chi connectivity index (χ0v) is 13.4. The minimum Gasteiger partial charge on any atom is -0.338 e. The summed E-state index contributed by atoms with van der Waals surface area (Å²) in [5, 5.41) is 1.19. The predicted octanol–water partition coefficient (Wildman–Crippen LogP) is 4.06. The van der Waals surface area contributed by atoms with Crippen molar-refractivity contribution in [1.29, 1.82) is 0 Å². The van der Waals surface area contributed by atoms with E-state index in [0.717, 1.165) is 17.9 Å². The van der Waals surface area contributed by atoms with Gasteiger partial charge in [-0.15, -0.1) is 0 Å². The van der Waals surface area contributed by atoms with E-state index in [2.05, 4.69) is 59.3 Å². The first-order chi connectivity index (χ1) is 10.9. The van der Waals surface area contributed by atoms with Crippen molar-refractivity contribution in [2.45, 2.75) is 31.5 Å². The van der Waals surface area contributed by atoms with Crippen molar-refractivity contribution in [3.63, 3.8) is 0 Å². The molecule has 0 amide bonds. The highest BCUT2D eigenvalue weighted by molar-refractivity contribution is 8.14. The molecule has 4 rings (SSSR count). The summed E-state index contributed by atoms with van der Waals surface area (Å²) in [7, 11) is 0. The Kier molecular flexibility index (Phi) is 3.62. The molecule has 2 aliphatic rings. The van der Waals surface area contributed by atoms with Gasteiger partial charge in [0.15, 0.2) is 5.17 Å². The monoisotopic (exact) mass is 309 g/mol. The van der Waals surface area contributed by atoms with Crippen molar-refractivity contribution >= 4 is 16.9 Å². The van der Waals surface area contributed by atoms with E-state index in [1.807, 2.05) is 24.0 Å². The maximum Gasteiger partial charge on any atom is 0.160 e. The zero-order valence-electron chi connectivity index (χ0n) is 12.6. The Morgan fingerprint density at radius 1 is 1.14 bits per heavy atom. The molecule has 0 bridgehead atoms. The second-order valence-corrected chi connectivity index (χ2v) is 6.73. The molecule has 0 unspecified atom stereocenters. The van der Waals surface area contributed by atoms with Crippen LogP contribution in [0.15, 0.2) is 59.7 Å². The highest BCUT2D eigenvalue weighted by Gasteiger charge is 2.45. The normalized spacial score (nSPS) is 26.9. The summed E-state index contributed by atoms with van der Waals surface area (Å²) in [6, 6.07) is 17.8. The molecule has 1 aromatic carbocycles. The smallest absolute Gasteiger partial charge is 0.160 e. The Labute approximate surface area is 135 Å². The molecule has 3 nitrogen and oxygen atoms in total. The van der Waals surface area contributed by atoms with Crippen LogP contribution < -0.4 is 0 Å². The molecule has 22 heavy (non-hydrogen) atoms. The second-order valence-electron chi connectivity index (χ2n) is 5.75. The van der Waals surface area contributed by atoms with Gasteiger partial charge in [-0.3, -0.25) is 9.98 Å². The predicted molar refractivity (Wildman–Crippen MR) is 92.0 cm³/mol. The van der Waals surface area contributed by atoms with Gasteiger partial charge in [-0.05, 0) is 24.1 Å². The Bertz CT molecular complexity index is 671. The van der Waals surface area contributed by atoms with Crippen LogP contribution >= 0.6 is 11.8 Å². The van der Waals surface area contributed by atoms with Gasteiger partial charge in [-0.2, -0.15) is 0 Å². The maximum absolute atomic E-state index is 5.02. The van der Waals surface area contributed by atoms with Gasteiger partial charge < -0.3 is 4.90 Å². The minimum atomic E-state index is 0.0976. The first kappa shape index (κ1) is 13.8. The largest absolute Gasteiger partial charge is 0.338 e. The number of hydrogen-bond donors (Lipinski definition) is 0. The minimum absolute atomic E-state index is 0.0976. The lowest BCUT2D eigenvalue weighted by Gasteiger charge is -2.31. The Balaban J connectivity index is 1.79. The van der Waals surface area contributed by atoms with Gasteiger partial charge in [0, 0.05) is 18.0 Å². The van der Waals surface area contributed by atoms with Crippen molar-refractivity contribution in [2.75, 3.05) is 5.75 Å². The first-order valence-electron chi connectivity index (χ1n) is 7.83. The van der Waals surface area contributed by atoms with Gasteiger partial charge in [0.1, 0.15) is 6.04 Å². The molecule has 2 aliphatic heterocycles. The van der Waals surface area contributed by atoms with Gasteiger partial charge in [0.05, 0.1) is 11.7 Å². The summed E-state index contributed by atoms with van der Waals surface area (Å²) in [5.74, 6) is 1.15. The molecule has 1 aromatic heterocycles. The molecular weight excluding hydrogens is 290 g/mol. The fraction of sp³-hybridized carbons (Fsp3) is 0.333. The number of aromatic nitrogens is 1. The number of hydrogen-bond acceptors (Lipinski definition) is 4. The third-order valence-electron chi connectivity index (χ3n) is 4.47. The van der Waals surface area contributed by atoms with E-state index >= 15 is 0 Å². The molecule has 2 aromatic rings. The lowest BCUT2D eigenvalue weighted by Crippen LogP contribution is -2.35. The summed E-state index contributed by atoms with van der Waals surface area (Å²) >= 11 is 1.89. The average Bonchev–Trinajstić information content (AvgIpc) is 3.15. The number of fused-ring (bicyclic) bond motifs is 1. The molecule has 0 N–H and O–H groups in total. The van der Waals surface area contributed by atoms with E-state index < -0.39 is 0 Å². The van der Waals surface area contributed by atoms with Crippen molar-refractivity contribution in [1.82, 2.24) is 9.88 Å². The molecular formula is C18H19N3S. The van der Waals surface area contributed by atoms with Crippen molar-refractivity contribution in [2.24, 2.45) is 4.99 Å². The number of benzene rings is 1. The number of rotatable bonds is 3. The van der Waals surface area contributed by atoms with Crippen LogP contribution in [0.2, 0.25) is 0 Å². The van der Waals surface area contributed by atoms with Gasteiger partial charge in [-0.1, -0.05) is 55.1 Å². The Morgan fingerprint density at radius 3 is 2.68 bits per heavy atom. The Hall–Kier alpha value is -1.81. The number of aliphatic imine (C=N–C) groups is 1. The van der Waals surface area contributed by atoms with Crippen LogP contribution in [0.5, 0.6) is 0 Å². The zero-order chi connectivity index (χ0) is 14.9. The SMILES string of the molecule is CC[C@@H]1CSC2=N[C@H](c3ccccn3)[C@@H](c3ccccc3)N21. The lowest BCUT2D eigenvalue weighted by molar-refractivity contribution is 0.255. The number of thioether (sulfide) groups is 1. The summed E-state index contributed by atoms with van der Waals surface area (Å²) in [5.41, 5.74) is 2.39. The van der Waals surface area contributed by atoms with Crippen molar-refractivity contribution in [3.05, 3.63) is 66.0 Å². The van der Waals surface area contributed by atoms with Gasteiger partial charge in [-0.25, -0.2) is 0 Å². The standard InChI is InChI=1S/C18H19N3S/c1-2-14-12-22-18-20-16(15-10-6-7-11-19-15)17(21(14)18)13-8-4-3-5-9-13/h3-11,14,16-17H,2,12H2,1H3/t14-,16-,17-/m1/s1. The molecule has 0 saturated carbocycles. The van der Waals surface area contributed by atoms with E-state index in [1.54, 1.807) is 0 Å². The van der Waals surface area contributed by atoms with Crippen molar-refractivity contribution < 1.29 is 0 Å². The molecule has 0 aliphatic carbocycles. The van der Waals surface area contributed by atoms with Gasteiger partial charge in [0.2, 0.25) is 0 Å². The first-order valence-corrected chi connectivity index (χ1v) is 8.82. The van der Waals surface area contributed by atoms with Crippen LogP contribution in [0, 0.1) is 0 Å².